The Hall–Kier alpha value is -1.96. The highest BCUT2D eigenvalue weighted by molar-refractivity contribution is 5.36. The van der Waals surface area contributed by atoms with E-state index in [4.69, 9.17) is 4.74 Å². The van der Waals surface area contributed by atoms with Gasteiger partial charge in [-0.25, -0.2) is 4.98 Å². The van der Waals surface area contributed by atoms with Crippen molar-refractivity contribution in [3.05, 3.63) is 17.5 Å². The molecule has 1 saturated heterocycles. The van der Waals surface area contributed by atoms with Crippen molar-refractivity contribution < 1.29 is 4.74 Å². The summed E-state index contributed by atoms with van der Waals surface area (Å²) in [5.41, 5.74) is 0. The zero-order valence-electron chi connectivity index (χ0n) is 15.4. The lowest BCUT2D eigenvalue weighted by molar-refractivity contribution is 0.178. The molecule has 1 N–H and O–H groups in total. The summed E-state index contributed by atoms with van der Waals surface area (Å²) in [7, 11) is 3.74. The van der Waals surface area contributed by atoms with Crippen LogP contribution in [0.15, 0.2) is 0 Å². The summed E-state index contributed by atoms with van der Waals surface area (Å²) in [5.74, 6) is 5.79. The standard InChI is InChI=1S/C17H27N7O/c1-10(2)16-21-22-17(23(16)3)24-7-12(11-5-6-11)13(8-24)15-18-14(9-25-4)19-20-15/h10-13H,5-9H2,1-4H3,(H,18,19,20)/t12-,13+/m1/s1. The van der Waals surface area contributed by atoms with Gasteiger partial charge in [-0.2, -0.15) is 5.10 Å². The van der Waals surface area contributed by atoms with Gasteiger partial charge in [-0.1, -0.05) is 13.8 Å². The summed E-state index contributed by atoms with van der Waals surface area (Å²) in [6.45, 7) is 6.68. The van der Waals surface area contributed by atoms with Crippen molar-refractivity contribution in [3.63, 3.8) is 0 Å². The molecule has 3 heterocycles. The van der Waals surface area contributed by atoms with Crippen LogP contribution in [0.25, 0.3) is 0 Å². The van der Waals surface area contributed by atoms with Gasteiger partial charge in [0, 0.05) is 39.1 Å². The van der Waals surface area contributed by atoms with E-state index in [-0.39, 0.29) is 0 Å². The van der Waals surface area contributed by atoms with Gasteiger partial charge in [0.2, 0.25) is 5.95 Å². The van der Waals surface area contributed by atoms with Crippen molar-refractivity contribution in [2.45, 2.75) is 45.1 Å². The highest BCUT2D eigenvalue weighted by Crippen LogP contribution is 2.47. The number of hydrogen-bond acceptors (Lipinski definition) is 6. The highest BCUT2D eigenvalue weighted by Gasteiger charge is 2.45. The average Bonchev–Trinajstić information content (AvgIpc) is 2.99. The molecular formula is C17H27N7O. The monoisotopic (exact) mass is 345 g/mol. The second-order valence-corrected chi connectivity index (χ2v) is 7.66. The first kappa shape index (κ1) is 16.5. The molecular weight excluding hydrogens is 318 g/mol. The topological polar surface area (TPSA) is 84.8 Å². The maximum Gasteiger partial charge on any atom is 0.227 e. The Labute approximate surface area is 148 Å². The normalized spacial score (nSPS) is 23.8. The number of rotatable bonds is 6. The fraction of sp³-hybridized carbons (Fsp3) is 0.765. The molecule has 1 aliphatic carbocycles. The van der Waals surface area contributed by atoms with Gasteiger partial charge in [-0.3, -0.25) is 5.10 Å². The third-order valence-corrected chi connectivity index (χ3v) is 5.44. The maximum atomic E-state index is 5.16. The quantitative estimate of drug-likeness (QED) is 0.860. The Morgan fingerprint density at radius 1 is 1.24 bits per heavy atom. The van der Waals surface area contributed by atoms with Gasteiger partial charge in [-0.15, -0.1) is 10.2 Å². The van der Waals surface area contributed by atoms with Crippen LogP contribution in [0.5, 0.6) is 0 Å². The first-order valence-electron chi connectivity index (χ1n) is 9.12. The summed E-state index contributed by atoms with van der Waals surface area (Å²) in [4.78, 5) is 7.03. The molecule has 0 bridgehead atoms. The fourth-order valence-corrected chi connectivity index (χ4v) is 4.06. The highest BCUT2D eigenvalue weighted by atomic mass is 16.5. The van der Waals surface area contributed by atoms with E-state index >= 15 is 0 Å². The van der Waals surface area contributed by atoms with E-state index in [1.54, 1.807) is 7.11 Å². The molecule has 1 saturated carbocycles. The Morgan fingerprint density at radius 2 is 2.04 bits per heavy atom. The SMILES string of the molecule is COCc1nc([C@H]2CN(c3nnc(C(C)C)n3C)C[C@@H]2C2CC2)n[nH]1. The molecule has 136 valence electrons. The van der Waals surface area contributed by atoms with Crippen LogP contribution < -0.4 is 4.90 Å². The van der Waals surface area contributed by atoms with Crippen LogP contribution in [0.3, 0.4) is 0 Å². The summed E-state index contributed by atoms with van der Waals surface area (Å²) < 4.78 is 7.29. The molecule has 4 rings (SSSR count). The lowest BCUT2D eigenvalue weighted by Crippen LogP contribution is -2.24. The van der Waals surface area contributed by atoms with E-state index in [1.165, 1.54) is 12.8 Å². The van der Waals surface area contributed by atoms with Gasteiger partial charge < -0.3 is 14.2 Å². The van der Waals surface area contributed by atoms with Gasteiger partial charge >= 0.3 is 0 Å². The molecule has 8 heteroatoms. The first-order chi connectivity index (χ1) is 12.1. The molecule has 25 heavy (non-hydrogen) atoms. The van der Waals surface area contributed by atoms with E-state index in [1.807, 2.05) is 0 Å². The number of methoxy groups -OCH3 is 1. The Balaban J connectivity index is 1.58. The Morgan fingerprint density at radius 3 is 2.68 bits per heavy atom. The fourth-order valence-electron chi connectivity index (χ4n) is 4.06. The van der Waals surface area contributed by atoms with E-state index in [2.05, 4.69) is 55.7 Å². The lowest BCUT2D eigenvalue weighted by Gasteiger charge is -2.17. The first-order valence-corrected chi connectivity index (χ1v) is 9.12. The zero-order valence-corrected chi connectivity index (χ0v) is 15.4. The lowest BCUT2D eigenvalue weighted by atomic mass is 9.91. The summed E-state index contributed by atoms with van der Waals surface area (Å²) in [5, 5.41) is 16.3. The number of aromatic nitrogens is 6. The molecule has 0 spiro atoms. The smallest absolute Gasteiger partial charge is 0.227 e. The second kappa shape index (κ2) is 6.40. The average molecular weight is 345 g/mol. The number of nitrogens with one attached hydrogen (secondary N) is 1. The van der Waals surface area contributed by atoms with Crippen LogP contribution in [0.1, 0.15) is 56.0 Å². The number of nitrogens with zero attached hydrogens (tertiary/aromatic N) is 6. The van der Waals surface area contributed by atoms with Gasteiger partial charge in [0.05, 0.1) is 0 Å². The maximum absolute atomic E-state index is 5.16. The third kappa shape index (κ3) is 3.03. The van der Waals surface area contributed by atoms with Crippen LogP contribution in [-0.2, 0) is 18.4 Å². The van der Waals surface area contributed by atoms with E-state index in [0.717, 1.165) is 42.4 Å². The number of anilines is 1. The van der Waals surface area contributed by atoms with Crippen molar-refractivity contribution in [2.24, 2.45) is 18.9 Å². The molecule has 2 aliphatic rings. The summed E-state index contributed by atoms with van der Waals surface area (Å²) in [6, 6.07) is 0. The molecule has 1 aliphatic heterocycles. The molecule has 2 fully saturated rings. The van der Waals surface area contributed by atoms with Crippen LogP contribution in [0, 0.1) is 11.8 Å². The van der Waals surface area contributed by atoms with Crippen molar-refractivity contribution in [2.75, 3.05) is 25.1 Å². The van der Waals surface area contributed by atoms with Crippen LogP contribution in [0.4, 0.5) is 5.95 Å². The van der Waals surface area contributed by atoms with Crippen LogP contribution in [-0.4, -0.2) is 50.1 Å². The minimum atomic E-state index is 0.341. The predicted molar refractivity (Wildman–Crippen MR) is 93.4 cm³/mol. The molecule has 0 unspecified atom stereocenters. The van der Waals surface area contributed by atoms with Crippen molar-refractivity contribution in [3.8, 4) is 0 Å². The van der Waals surface area contributed by atoms with E-state index in [9.17, 15) is 0 Å². The molecule has 2 aromatic heterocycles. The Bertz CT molecular complexity index is 733. The molecule has 2 atom stereocenters. The van der Waals surface area contributed by atoms with Gasteiger partial charge in [0.25, 0.3) is 0 Å². The minimum absolute atomic E-state index is 0.341. The third-order valence-electron chi connectivity index (χ3n) is 5.44. The summed E-state index contributed by atoms with van der Waals surface area (Å²) in [6.07, 6.45) is 2.64. The zero-order chi connectivity index (χ0) is 17.6. The number of ether oxygens (including phenoxy) is 1. The van der Waals surface area contributed by atoms with Crippen molar-refractivity contribution in [1.29, 1.82) is 0 Å². The Kier molecular flexibility index (Phi) is 4.23. The molecule has 0 radical (unpaired) electrons. The summed E-state index contributed by atoms with van der Waals surface area (Å²) >= 11 is 0. The van der Waals surface area contributed by atoms with Gasteiger partial charge in [0.1, 0.15) is 12.4 Å². The second-order valence-electron chi connectivity index (χ2n) is 7.66. The number of hydrogen-bond donors (Lipinski definition) is 1. The van der Waals surface area contributed by atoms with Crippen molar-refractivity contribution >= 4 is 5.95 Å². The van der Waals surface area contributed by atoms with Gasteiger partial charge in [0.15, 0.2) is 11.6 Å². The minimum Gasteiger partial charge on any atom is -0.377 e. The molecule has 8 nitrogen and oxygen atoms in total. The van der Waals surface area contributed by atoms with E-state index < -0.39 is 0 Å². The van der Waals surface area contributed by atoms with Crippen molar-refractivity contribution in [1.82, 2.24) is 29.9 Å². The molecule has 0 aromatic carbocycles. The van der Waals surface area contributed by atoms with Crippen LogP contribution >= 0.6 is 0 Å². The molecule has 0 amide bonds. The number of aromatic amines is 1. The largest absolute Gasteiger partial charge is 0.377 e. The molecule has 2 aromatic rings. The predicted octanol–water partition coefficient (Wildman–Crippen LogP) is 1.83. The van der Waals surface area contributed by atoms with E-state index in [0.29, 0.717) is 24.4 Å². The van der Waals surface area contributed by atoms with Gasteiger partial charge in [-0.05, 0) is 24.7 Å². The number of H-pyrrole nitrogens is 1. The van der Waals surface area contributed by atoms with Crippen LogP contribution in [0.2, 0.25) is 0 Å².